The Morgan fingerprint density at radius 2 is 2.03 bits per heavy atom. The zero-order valence-corrected chi connectivity index (χ0v) is 16.3. The number of nitrogen functional groups attached to an aromatic ring is 1. The first kappa shape index (κ1) is 17.1. The molecule has 1 aromatic carbocycles. The highest BCUT2D eigenvalue weighted by atomic mass is 16.5. The second kappa shape index (κ2) is 6.08. The molecule has 4 aliphatic carbocycles. The number of hydrogen-bond donors (Lipinski definition) is 2. The Morgan fingerprint density at radius 3 is 2.79 bits per heavy atom. The van der Waals surface area contributed by atoms with Gasteiger partial charge >= 0.3 is 6.03 Å². The third kappa shape index (κ3) is 2.82. The van der Waals surface area contributed by atoms with Crippen molar-refractivity contribution in [2.24, 2.45) is 17.8 Å². The van der Waals surface area contributed by atoms with Gasteiger partial charge in [0.25, 0.3) is 0 Å². The minimum absolute atomic E-state index is 0.0480. The van der Waals surface area contributed by atoms with Crippen LogP contribution in [0.5, 0.6) is 11.6 Å². The van der Waals surface area contributed by atoms with Crippen LogP contribution in [0.3, 0.4) is 0 Å². The molecule has 4 saturated carbocycles. The molecule has 7 rings (SSSR count). The highest BCUT2D eigenvalue weighted by molar-refractivity contribution is 5.94. The average Bonchev–Trinajstić information content (AvgIpc) is 3.29. The van der Waals surface area contributed by atoms with E-state index in [2.05, 4.69) is 15.3 Å². The molecule has 0 radical (unpaired) electrons. The number of benzene rings is 1. The van der Waals surface area contributed by atoms with Crippen molar-refractivity contribution in [3.63, 3.8) is 0 Å². The Labute approximate surface area is 169 Å². The van der Waals surface area contributed by atoms with Crippen molar-refractivity contribution in [3.05, 3.63) is 36.0 Å². The smallest absolute Gasteiger partial charge is 0.322 e. The fourth-order valence-corrected chi connectivity index (χ4v) is 6.44. The molecule has 2 atom stereocenters. The first-order valence-electron chi connectivity index (χ1n) is 10.6. The lowest BCUT2D eigenvalue weighted by Crippen LogP contribution is -2.54. The second-order valence-corrected chi connectivity index (χ2v) is 9.23. The number of nitrogens with zero attached hydrogens (tertiary/aromatic N) is 3. The van der Waals surface area contributed by atoms with Crippen molar-refractivity contribution in [2.75, 3.05) is 17.2 Å². The highest BCUT2D eigenvalue weighted by Gasteiger charge is 2.56. The Balaban J connectivity index is 1.18. The van der Waals surface area contributed by atoms with Crippen LogP contribution in [-0.4, -0.2) is 28.1 Å². The number of hydrogen-bond acceptors (Lipinski definition) is 5. The van der Waals surface area contributed by atoms with E-state index in [0.29, 0.717) is 18.2 Å². The van der Waals surface area contributed by atoms with Crippen molar-refractivity contribution in [3.8, 4) is 11.6 Å². The summed E-state index contributed by atoms with van der Waals surface area (Å²) < 4.78 is 5.81. The van der Waals surface area contributed by atoms with Gasteiger partial charge in [-0.05, 0) is 80.0 Å². The molecule has 2 amide bonds. The Kier molecular flexibility index (Phi) is 3.58. The average molecular weight is 391 g/mol. The first-order chi connectivity index (χ1) is 14.1. The molecule has 2 unspecified atom stereocenters. The van der Waals surface area contributed by atoms with Crippen molar-refractivity contribution >= 4 is 17.7 Å². The summed E-state index contributed by atoms with van der Waals surface area (Å²) in [4.78, 5) is 23.0. The minimum Gasteiger partial charge on any atom is -0.439 e. The summed E-state index contributed by atoms with van der Waals surface area (Å²) in [5, 5.41) is 3.45. The van der Waals surface area contributed by atoms with Crippen LogP contribution < -0.4 is 20.7 Å². The number of anilines is 2. The predicted octanol–water partition coefficient (Wildman–Crippen LogP) is 3.50. The summed E-state index contributed by atoms with van der Waals surface area (Å²) in [5.74, 6) is 3.80. The summed E-state index contributed by atoms with van der Waals surface area (Å²) in [7, 11) is 0. The monoisotopic (exact) mass is 391 g/mol. The van der Waals surface area contributed by atoms with Gasteiger partial charge in [-0.2, -0.15) is 4.98 Å². The molecule has 4 fully saturated rings. The predicted molar refractivity (Wildman–Crippen MR) is 109 cm³/mol. The number of aromatic nitrogens is 2. The summed E-state index contributed by atoms with van der Waals surface area (Å²) >= 11 is 0. The molecule has 2 heterocycles. The van der Waals surface area contributed by atoms with Gasteiger partial charge in [-0.3, -0.25) is 4.90 Å². The molecule has 2 aromatic rings. The van der Waals surface area contributed by atoms with E-state index in [-0.39, 0.29) is 17.5 Å². The van der Waals surface area contributed by atoms with Gasteiger partial charge in [0.05, 0.1) is 0 Å². The molecule has 0 spiro atoms. The van der Waals surface area contributed by atoms with E-state index < -0.39 is 0 Å². The van der Waals surface area contributed by atoms with Gasteiger partial charge in [0, 0.05) is 30.0 Å². The van der Waals surface area contributed by atoms with Gasteiger partial charge in [0.1, 0.15) is 5.75 Å². The fraction of sp³-hybridized carbons (Fsp3) is 0.500. The molecule has 0 saturated heterocycles. The zero-order valence-electron chi connectivity index (χ0n) is 16.3. The van der Waals surface area contributed by atoms with Gasteiger partial charge in [-0.15, -0.1) is 0 Å². The molecule has 1 aliphatic heterocycles. The van der Waals surface area contributed by atoms with Gasteiger partial charge in [0.15, 0.2) is 0 Å². The maximum absolute atomic E-state index is 13.1. The Hall–Kier alpha value is -2.83. The van der Waals surface area contributed by atoms with Crippen molar-refractivity contribution in [1.82, 2.24) is 15.3 Å². The first-order valence-corrected chi connectivity index (χ1v) is 10.6. The normalized spacial score (nSPS) is 31.2. The van der Waals surface area contributed by atoms with Crippen LogP contribution in [0.15, 0.2) is 30.5 Å². The largest absolute Gasteiger partial charge is 0.439 e. The van der Waals surface area contributed by atoms with E-state index in [1.165, 1.54) is 32.1 Å². The number of ether oxygens (including phenoxy) is 1. The van der Waals surface area contributed by atoms with Crippen LogP contribution in [0.1, 0.15) is 37.7 Å². The lowest BCUT2D eigenvalue weighted by atomic mass is 9.76. The zero-order chi connectivity index (χ0) is 19.6. The number of carbonyl (C=O) groups excluding carboxylic acids is 1. The molecule has 4 bridgehead atoms. The number of rotatable bonds is 3. The van der Waals surface area contributed by atoms with Crippen LogP contribution in [0.2, 0.25) is 0 Å². The number of fused-ring (bicyclic) bond motifs is 1. The minimum atomic E-state index is 0.0480. The number of carbonyl (C=O) groups is 1. The second-order valence-electron chi connectivity index (χ2n) is 9.23. The van der Waals surface area contributed by atoms with Crippen molar-refractivity contribution in [1.29, 1.82) is 0 Å². The lowest BCUT2D eigenvalue weighted by Gasteiger charge is -2.40. The Bertz CT molecular complexity index is 973. The maximum atomic E-state index is 13.1. The van der Waals surface area contributed by atoms with Gasteiger partial charge < -0.3 is 15.8 Å². The molecule has 1 aromatic heterocycles. The topological polar surface area (TPSA) is 93.4 Å². The van der Waals surface area contributed by atoms with Crippen LogP contribution in [0, 0.1) is 17.8 Å². The number of urea groups is 1. The third-order valence-corrected chi connectivity index (χ3v) is 7.36. The summed E-state index contributed by atoms with van der Waals surface area (Å²) in [5.41, 5.74) is 7.76. The molecule has 3 N–H and O–H groups in total. The number of nitrogens with two attached hydrogens (primary N) is 1. The van der Waals surface area contributed by atoms with Gasteiger partial charge in [-0.1, -0.05) is 0 Å². The van der Waals surface area contributed by atoms with Crippen LogP contribution in [0.25, 0.3) is 0 Å². The number of amides is 2. The molecule has 7 heteroatoms. The van der Waals surface area contributed by atoms with E-state index >= 15 is 0 Å². The molecular formula is C22H25N5O2. The van der Waals surface area contributed by atoms with Gasteiger partial charge in [0.2, 0.25) is 11.8 Å². The maximum Gasteiger partial charge on any atom is 0.322 e. The molecule has 29 heavy (non-hydrogen) atoms. The van der Waals surface area contributed by atoms with Gasteiger partial charge in [-0.25, -0.2) is 9.78 Å². The van der Waals surface area contributed by atoms with E-state index in [1.54, 1.807) is 12.3 Å². The summed E-state index contributed by atoms with van der Waals surface area (Å²) in [6.07, 6.45) is 8.68. The SMILES string of the molecule is Nc1nccc(Oc2ccc3c(c2)CCN3C(=O)NC23CC4CC(C2)C(C4)C3)n1. The fourth-order valence-electron chi connectivity index (χ4n) is 6.44. The molecular weight excluding hydrogens is 366 g/mol. The van der Waals surface area contributed by atoms with Crippen molar-refractivity contribution in [2.45, 2.75) is 44.1 Å². The van der Waals surface area contributed by atoms with Crippen LogP contribution >= 0.6 is 0 Å². The molecule has 150 valence electrons. The highest BCUT2D eigenvalue weighted by Crippen LogP contribution is 2.60. The van der Waals surface area contributed by atoms with E-state index in [4.69, 9.17) is 10.5 Å². The van der Waals surface area contributed by atoms with E-state index in [9.17, 15) is 4.79 Å². The summed E-state index contributed by atoms with van der Waals surface area (Å²) in [6.45, 7) is 0.706. The standard InChI is InChI=1S/C22H25N5O2/c23-20-24-5-3-19(25-20)29-17-1-2-18-14(9-17)4-6-27(18)21(28)26-22-10-13-7-15(11-22)16(8-13)12-22/h1-3,5,9,13,15-16H,4,6-8,10-12H2,(H,26,28)(H2,23,24,25). The van der Waals surface area contributed by atoms with E-state index in [0.717, 1.165) is 35.4 Å². The molecule has 7 nitrogen and oxygen atoms in total. The number of nitrogens with one attached hydrogen (secondary N) is 1. The molecule has 5 aliphatic rings. The summed E-state index contributed by atoms with van der Waals surface area (Å²) in [6, 6.07) is 7.56. The van der Waals surface area contributed by atoms with Crippen LogP contribution in [0.4, 0.5) is 16.4 Å². The van der Waals surface area contributed by atoms with E-state index in [1.807, 2.05) is 23.1 Å². The quantitative estimate of drug-likeness (QED) is 0.835. The Morgan fingerprint density at radius 1 is 1.21 bits per heavy atom. The van der Waals surface area contributed by atoms with Crippen molar-refractivity contribution < 1.29 is 9.53 Å². The third-order valence-electron chi connectivity index (χ3n) is 7.36. The van der Waals surface area contributed by atoms with Crippen LogP contribution in [-0.2, 0) is 6.42 Å². The lowest BCUT2D eigenvalue weighted by molar-refractivity contribution is 0.181.